The van der Waals surface area contributed by atoms with Gasteiger partial charge in [-0.2, -0.15) is 0 Å². The molecule has 3 aliphatic carbocycles. The van der Waals surface area contributed by atoms with E-state index in [4.69, 9.17) is 0 Å². The molecule has 0 saturated carbocycles. The highest BCUT2D eigenvalue weighted by Gasteiger charge is 2.47. The van der Waals surface area contributed by atoms with Crippen molar-refractivity contribution in [1.29, 1.82) is 0 Å². The molecule has 268 valence electrons. The van der Waals surface area contributed by atoms with E-state index in [9.17, 15) is 0 Å². The van der Waals surface area contributed by atoms with Crippen molar-refractivity contribution in [1.82, 2.24) is 0 Å². The zero-order valence-corrected chi connectivity index (χ0v) is 32.3. The molecule has 11 rings (SSSR count). The maximum atomic E-state index is 2.55. The van der Waals surface area contributed by atoms with Gasteiger partial charge in [0.05, 0.1) is 11.1 Å². The van der Waals surface area contributed by atoms with E-state index < -0.39 is 5.41 Å². The van der Waals surface area contributed by atoms with Crippen LogP contribution in [0.3, 0.4) is 0 Å². The Morgan fingerprint density at radius 2 is 0.786 bits per heavy atom. The summed E-state index contributed by atoms with van der Waals surface area (Å²) >= 11 is 0. The molecule has 0 unspecified atom stereocenters. The Morgan fingerprint density at radius 3 is 1.45 bits per heavy atom. The summed E-state index contributed by atoms with van der Waals surface area (Å²) in [5.74, 6) is 0. The lowest BCUT2D eigenvalue weighted by Crippen LogP contribution is -2.28. The third-order valence-electron chi connectivity index (χ3n) is 13.4. The highest BCUT2D eigenvalue weighted by atomic mass is 15.1. The normalized spacial score (nSPS) is 15.6. The van der Waals surface area contributed by atoms with Gasteiger partial charge in [-0.1, -0.05) is 185 Å². The molecule has 0 aliphatic heterocycles. The molecule has 8 aromatic carbocycles. The van der Waals surface area contributed by atoms with Gasteiger partial charge in [-0.3, -0.25) is 0 Å². The van der Waals surface area contributed by atoms with Gasteiger partial charge in [0.15, 0.2) is 0 Å². The molecule has 3 aliphatic rings. The standard InChI is InChI=1S/C55H43N/c1-53(2)46-26-15-12-23-41(46)44-34-38(31-33-47(44)53)56(39-30-32-42-40-22-11-14-25-45(40)54(3,4)50(42)35-39)51-29-17-28-49-52(51)43-24-13-16-27-48(43)55(49,36-18-7-5-8-19-36)37-20-9-6-10-21-37/h5-35H,1-4H3. The van der Waals surface area contributed by atoms with Crippen LogP contribution in [0.2, 0.25) is 0 Å². The van der Waals surface area contributed by atoms with E-state index in [2.05, 4.69) is 221 Å². The van der Waals surface area contributed by atoms with Crippen LogP contribution in [0.4, 0.5) is 17.1 Å². The lowest BCUT2D eigenvalue weighted by Gasteiger charge is -2.34. The monoisotopic (exact) mass is 717 g/mol. The molecule has 0 saturated heterocycles. The summed E-state index contributed by atoms with van der Waals surface area (Å²) in [5, 5.41) is 0. The molecule has 0 bridgehead atoms. The second kappa shape index (κ2) is 11.8. The first-order valence-electron chi connectivity index (χ1n) is 19.9. The van der Waals surface area contributed by atoms with Gasteiger partial charge in [-0.05, 0) is 103 Å². The third-order valence-corrected chi connectivity index (χ3v) is 13.4. The van der Waals surface area contributed by atoms with E-state index >= 15 is 0 Å². The highest BCUT2D eigenvalue weighted by molar-refractivity contribution is 5.99. The minimum atomic E-state index is -0.488. The van der Waals surface area contributed by atoms with Gasteiger partial charge in [0.2, 0.25) is 0 Å². The fraction of sp³-hybridized carbons (Fsp3) is 0.127. The van der Waals surface area contributed by atoms with Crippen molar-refractivity contribution in [3.05, 3.63) is 233 Å². The number of rotatable bonds is 5. The smallest absolute Gasteiger partial charge is 0.0714 e. The summed E-state index contributed by atoms with van der Waals surface area (Å²) in [7, 11) is 0. The molecule has 1 heteroatoms. The maximum absolute atomic E-state index is 2.55. The van der Waals surface area contributed by atoms with Crippen molar-refractivity contribution in [2.75, 3.05) is 4.90 Å². The van der Waals surface area contributed by atoms with Crippen LogP contribution in [0.5, 0.6) is 0 Å². The van der Waals surface area contributed by atoms with Crippen molar-refractivity contribution in [2.24, 2.45) is 0 Å². The predicted molar refractivity (Wildman–Crippen MR) is 234 cm³/mol. The molecule has 0 spiro atoms. The van der Waals surface area contributed by atoms with Crippen LogP contribution in [0.25, 0.3) is 33.4 Å². The Bertz CT molecular complexity index is 2820. The number of nitrogens with zero attached hydrogens (tertiary/aromatic N) is 1. The summed E-state index contributed by atoms with van der Waals surface area (Å²) in [4.78, 5) is 2.55. The molecule has 0 N–H and O–H groups in total. The van der Waals surface area contributed by atoms with E-state index in [0.29, 0.717) is 0 Å². The van der Waals surface area contributed by atoms with Crippen molar-refractivity contribution >= 4 is 17.1 Å². The van der Waals surface area contributed by atoms with Crippen LogP contribution >= 0.6 is 0 Å². The van der Waals surface area contributed by atoms with E-state index in [0.717, 1.165) is 11.4 Å². The lowest BCUT2D eigenvalue weighted by molar-refractivity contribution is 0.660. The van der Waals surface area contributed by atoms with Crippen molar-refractivity contribution in [2.45, 2.75) is 43.9 Å². The van der Waals surface area contributed by atoms with Crippen molar-refractivity contribution in [3.63, 3.8) is 0 Å². The lowest BCUT2D eigenvalue weighted by atomic mass is 9.68. The van der Waals surface area contributed by atoms with Crippen LogP contribution in [0.15, 0.2) is 188 Å². The molecule has 0 radical (unpaired) electrons. The third kappa shape index (κ3) is 4.32. The van der Waals surface area contributed by atoms with E-state index in [1.54, 1.807) is 0 Å². The first kappa shape index (κ1) is 32.9. The van der Waals surface area contributed by atoms with Crippen LogP contribution in [-0.2, 0) is 16.2 Å². The SMILES string of the molecule is CC1(C)c2ccccc2-c2cc(N(c3ccc4c(c3)C(C)(C)c3ccccc3-4)c3cccc4c3-c3ccccc3C4(c3ccccc3)c3ccccc3)ccc21. The Hall–Kier alpha value is -6.44. The average Bonchev–Trinajstić information content (AvgIpc) is 3.77. The summed E-state index contributed by atoms with van der Waals surface area (Å²) in [6.07, 6.45) is 0. The maximum Gasteiger partial charge on any atom is 0.0714 e. The summed E-state index contributed by atoms with van der Waals surface area (Å²) in [6.45, 7) is 9.49. The minimum absolute atomic E-state index is 0.0729. The number of anilines is 3. The molecule has 0 atom stereocenters. The molecule has 0 heterocycles. The molecular weight excluding hydrogens is 675 g/mol. The Morgan fingerprint density at radius 1 is 0.321 bits per heavy atom. The first-order valence-corrected chi connectivity index (χ1v) is 19.9. The van der Waals surface area contributed by atoms with Crippen molar-refractivity contribution < 1.29 is 0 Å². The van der Waals surface area contributed by atoms with Crippen LogP contribution in [0.1, 0.15) is 72.2 Å². The Labute approximate surface area is 330 Å². The second-order valence-corrected chi connectivity index (χ2v) is 16.9. The van der Waals surface area contributed by atoms with Gasteiger partial charge in [0, 0.05) is 27.8 Å². The fourth-order valence-electron chi connectivity index (χ4n) is 10.8. The minimum Gasteiger partial charge on any atom is -0.310 e. The zero-order valence-electron chi connectivity index (χ0n) is 32.3. The molecule has 0 aromatic heterocycles. The van der Waals surface area contributed by atoms with Crippen LogP contribution < -0.4 is 4.90 Å². The number of hydrogen-bond acceptors (Lipinski definition) is 1. The number of hydrogen-bond donors (Lipinski definition) is 0. The van der Waals surface area contributed by atoms with Gasteiger partial charge in [-0.15, -0.1) is 0 Å². The van der Waals surface area contributed by atoms with Gasteiger partial charge in [0.25, 0.3) is 0 Å². The first-order chi connectivity index (χ1) is 27.3. The molecule has 0 amide bonds. The summed E-state index contributed by atoms with van der Waals surface area (Å²) < 4.78 is 0. The molecule has 0 fully saturated rings. The van der Waals surface area contributed by atoms with Gasteiger partial charge in [0.1, 0.15) is 0 Å². The molecular formula is C55H43N. The average molecular weight is 718 g/mol. The molecule has 1 nitrogen and oxygen atoms in total. The largest absolute Gasteiger partial charge is 0.310 e. The van der Waals surface area contributed by atoms with Gasteiger partial charge in [-0.25, -0.2) is 0 Å². The van der Waals surface area contributed by atoms with Crippen LogP contribution in [-0.4, -0.2) is 0 Å². The van der Waals surface area contributed by atoms with E-state index in [-0.39, 0.29) is 10.8 Å². The fourth-order valence-corrected chi connectivity index (χ4v) is 10.8. The Balaban J connectivity index is 1.22. The van der Waals surface area contributed by atoms with Gasteiger partial charge < -0.3 is 4.90 Å². The summed E-state index contributed by atoms with van der Waals surface area (Å²) in [6, 6.07) is 70.7. The van der Waals surface area contributed by atoms with Crippen molar-refractivity contribution in [3.8, 4) is 33.4 Å². The zero-order chi connectivity index (χ0) is 37.8. The topological polar surface area (TPSA) is 3.24 Å². The Kier molecular flexibility index (Phi) is 6.93. The predicted octanol–water partition coefficient (Wildman–Crippen LogP) is 14.1. The second-order valence-electron chi connectivity index (χ2n) is 16.9. The quantitative estimate of drug-likeness (QED) is 0.171. The number of benzene rings is 8. The van der Waals surface area contributed by atoms with E-state index in [1.807, 2.05) is 0 Å². The molecule has 56 heavy (non-hydrogen) atoms. The van der Waals surface area contributed by atoms with Gasteiger partial charge >= 0.3 is 0 Å². The van der Waals surface area contributed by atoms with E-state index in [1.165, 1.54) is 83.6 Å². The molecule has 8 aromatic rings. The number of fused-ring (bicyclic) bond motifs is 9. The van der Waals surface area contributed by atoms with Crippen LogP contribution in [0, 0.1) is 0 Å². The summed E-state index contributed by atoms with van der Waals surface area (Å²) in [5.41, 5.74) is 21.4. The highest BCUT2D eigenvalue weighted by Crippen LogP contribution is 2.60.